The van der Waals surface area contributed by atoms with Crippen LogP contribution in [0, 0.1) is 11.8 Å². The molecule has 0 radical (unpaired) electrons. The number of Topliss-reactive ketones (excluding diaryl/α,β-unsaturated/α-hetero) is 1. The molecule has 0 bridgehead atoms. The first-order chi connectivity index (χ1) is 14.1. The van der Waals surface area contributed by atoms with Gasteiger partial charge in [-0.2, -0.15) is 5.10 Å². The van der Waals surface area contributed by atoms with Crippen molar-refractivity contribution in [3.8, 4) is 0 Å². The predicted octanol–water partition coefficient (Wildman–Crippen LogP) is 2.94. The van der Waals surface area contributed by atoms with Gasteiger partial charge in [-0.3, -0.25) is 14.3 Å². The molecule has 1 amide bonds. The second-order valence-corrected chi connectivity index (χ2v) is 7.96. The van der Waals surface area contributed by atoms with E-state index in [0.29, 0.717) is 42.9 Å². The molecule has 1 aromatic carbocycles. The first-order valence-corrected chi connectivity index (χ1v) is 10.2. The van der Waals surface area contributed by atoms with E-state index in [1.54, 1.807) is 17.7 Å². The third kappa shape index (κ3) is 2.97. The van der Waals surface area contributed by atoms with Gasteiger partial charge in [0.25, 0.3) is 5.91 Å². The van der Waals surface area contributed by atoms with Crippen LogP contribution >= 0.6 is 0 Å². The Morgan fingerprint density at radius 3 is 2.86 bits per heavy atom. The van der Waals surface area contributed by atoms with E-state index < -0.39 is 0 Å². The van der Waals surface area contributed by atoms with Gasteiger partial charge in [0.2, 0.25) is 0 Å². The standard InChI is InChI=1S/C22H24N4O3/c1-3-20(27)18-9-19(22(28)24-21-15-10-29-11-16(15)21)26(25-18)12(2)13-5-4-6-17-14(13)7-8-23-17/h4-9,12,15-16,21,23H,3,10-11H2,1-2H3,(H,24,28)/t12-,15-,16+,21?/m1/s1. The average Bonchev–Trinajstić information content (AvgIpc) is 3.27. The number of nitrogens with zero attached hydrogens (tertiary/aromatic N) is 2. The van der Waals surface area contributed by atoms with Gasteiger partial charge in [-0.15, -0.1) is 0 Å². The van der Waals surface area contributed by atoms with Crippen molar-refractivity contribution in [3.63, 3.8) is 0 Å². The Bertz CT molecular complexity index is 1090. The molecule has 2 aliphatic rings. The Kier molecular flexibility index (Phi) is 4.28. The maximum atomic E-state index is 13.1. The molecular weight excluding hydrogens is 368 g/mol. The molecule has 150 valence electrons. The summed E-state index contributed by atoms with van der Waals surface area (Å²) in [6.07, 6.45) is 2.25. The summed E-state index contributed by atoms with van der Waals surface area (Å²) in [7, 11) is 0. The fourth-order valence-corrected chi connectivity index (χ4v) is 4.46. The zero-order chi connectivity index (χ0) is 20.1. The minimum atomic E-state index is -0.198. The number of amides is 1. The molecule has 1 aliphatic heterocycles. The molecule has 1 saturated heterocycles. The van der Waals surface area contributed by atoms with E-state index in [4.69, 9.17) is 4.74 Å². The number of hydrogen-bond acceptors (Lipinski definition) is 4. The van der Waals surface area contributed by atoms with E-state index in [1.165, 1.54) is 0 Å². The van der Waals surface area contributed by atoms with Crippen LogP contribution in [0.3, 0.4) is 0 Å². The largest absolute Gasteiger partial charge is 0.381 e. The van der Waals surface area contributed by atoms with Crippen molar-refractivity contribution in [2.24, 2.45) is 11.8 Å². The second kappa shape index (κ2) is 6.84. The van der Waals surface area contributed by atoms with Crippen LogP contribution in [0.4, 0.5) is 0 Å². The first-order valence-electron chi connectivity index (χ1n) is 10.2. The van der Waals surface area contributed by atoms with Crippen LogP contribution in [0.1, 0.15) is 52.9 Å². The quantitative estimate of drug-likeness (QED) is 0.631. The van der Waals surface area contributed by atoms with E-state index in [0.717, 1.165) is 16.5 Å². The molecule has 2 aromatic heterocycles. The minimum absolute atomic E-state index is 0.0680. The van der Waals surface area contributed by atoms with Gasteiger partial charge in [0.15, 0.2) is 5.78 Å². The lowest BCUT2D eigenvalue weighted by Crippen LogP contribution is -2.32. The summed E-state index contributed by atoms with van der Waals surface area (Å²) in [6.45, 7) is 5.22. The lowest BCUT2D eigenvalue weighted by Gasteiger charge is -2.17. The second-order valence-electron chi connectivity index (χ2n) is 7.96. The van der Waals surface area contributed by atoms with Crippen molar-refractivity contribution in [1.29, 1.82) is 0 Å². The molecule has 4 atom stereocenters. The van der Waals surface area contributed by atoms with Gasteiger partial charge in [0.05, 0.1) is 19.3 Å². The van der Waals surface area contributed by atoms with Gasteiger partial charge in [0, 0.05) is 47.5 Å². The molecule has 3 heterocycles. The monoisotopic (exact) mass is 392 g/mol. The molecule has 1 unspecified atom stereocenters. The number of benzene rings is 1. The lowest BCUT2D eigenvalue weighted by atomic mass is 10.0. The molecule has 2 fully saturated rings. The molecule has 7 nitrogen and oxygen atoms in total. The number of H-pyrrole nitrogens is 1. The SMILES string of the molecule is CCC(=O)c1cc(C(=O)NC2[C@H]3COC[C@@H]23)n([C@H](C)c2cccc3[nH]ccc23)n1. The Morgan fingerprint density at radius 1 is 1.31 bits per heavy atom. The minimum Gasteiger partial charge on any atom is -0.381 e. The number of carbonyl (C=O) groups excluding carboxylic acids is 2. The van der Waals surface area contributed by atoms with E-state index in [2.05, 4.69) is 15.4 Å². The van der Waals surface area contributed by atoms with Crippen LogP contribution < -0.4 is 5.32 Å². The summed E-state index contributed by atoms with van der Waals surface area (Å²) in [4.78, 5) is 28.6. The maximum absolute atomic E-state index is 13.1. The molecule has 3 aromatic rings. The number of carbonyl (C=O) groups is 2. The van der Waals surface area contributed by atoms with E-state index >= 15 is 0 Å². The van der Waals surface area contributed by atoms with E-state index in [9.17, 15) is 9.59 Å². The van der Waals surface area contributed by atoms with Crippen LogP contribution in [0.25, 0.3) is 10.9 Å². The number of fused-ring (bicyclic) bond motifs is 2. The van der Waals surface area contributed by atoms with Gasteiger partial charge >= 0.3 is 0 Å². The number of aromatic nitrogens is 3. The summed E-state index contributed by atoms with van der Waals surface area (Å²) in [5.74, 6) is 0.581. The van der Waals surface area contributed by atoms with Crippen LogP contribution in [0.5, 0.6) is 0 Å². The number of ketones is 1. The summed E-state index contributed by atoms with van der Waals surface area (Å²) < 4.78 is 7.10. The van der Waals surface area contributed by atoms with Crippen molar-refractivity contribution in [2.75, 3.05) is 13.2 Å². The maximum Gasteiger partial charge on any atom is 0.269 e. The van der Waals surface area contributed by atoms with E-state index in [-0.39, 0.29) is 23.8 Å². The smallest absolute Gasteiger partial charge is 0.269 e. The summed E-state index contributed by atoms with van der Waals surface area (Å²) in [6, 6.07) is 9.65. The molecular formula is C22H24N4O3. The van der Waals surface area contributed by atoms with Gasteiger partial charge in [-0.25, -0.2) is 0 Å². The van der Waals surface area contributed by atoms with Crippen LogP contribution in [0.15, 0.2) is 36.5 Å². The third-order valence-corrected chi connectivity index (χ3v) is 6.27. The highest BCUT2D eigenvalue weighted by molar-refractivity contribution is 5.99. The number of hydrogen-bond donors (Lipinski definition) is 2. The molecule has 1 saturated carbocycles. The molecule has 2 N–H and O–H groups in total. The first kappa shape index (κ1) is 18.1. The lowest BCUT2D eigenvalue weighted by molar-refractivity contribution is 0.0916. The van der Waals surface area contributed by atoms with Gasteiger partial charge < -0.3 is 15.0 Å². The topological polar surface area (TPSA) is 89.0 Å². The zero-order valence-corrected chi connectivity index (χ0v) is 16.5. The molecule has 1 aliphatic carbocycles. The number of aromatic amines is 1. The third-order valence-electron chi connectivity index (χ3n) is 6.27. The van der Waals surface area contributed by atoms with Crippen LogP contribution in [-0.4, -0.2) is 45.7 Å². The molecule has 5 rings (SSSR count). The fraction of sp³-hybridized carbons (Fsp3) is 0.409. The highest BCUT2D eigenvalue weighted by Crippen LogP contribution is 2.44. The Morgan fingerprint density at radius 2 is 2.10 bits per heavy atom. The Labute approximate surface area is 168 Å². The highest BCUT2D eigenvalue weighted by Gasteiger charge is 2.55. The van der Waals surface area contributed by atoms with Gasteiger partial charge in [0.1, 0.15) is 11.4 Å². The van der Waals surface area contributed by atoms with E-state index in [1.807, 2.05) is 37.4 Å². The van der Waals surface area contributed by atoms with Crippen molar-refractivity contribution in [2.45, 2.75) is 32.4 Å². The summed E-state index contributed by atoms with van der Waals surface area (Å²) in [5, 5.41) is 8.75. The number of nitrogens with one attached hydrogen (secondary N) is 2. The number of rotatable bonds is 6. The Balaban J connectivity index is 1.50. The average molecular weight is 392 g/mol. The highest BCUT2D eigenvalue weighted by atomic mass is 16.5. The zero-order valence-electron chi connectivity index (χ0n) is 16.5. The molecule has 0 spiro atoms. The Hall–Kier alpha value is -2.93. The van der Waals surface area contributed by atoms with Gasteiger partial charge in [-0.05, 0) is 24.6 Å². The molecule has 7 heteroatoms. The summed E-state index contributed by atoms with van der Waals surface area (Å²) >= 11 is 0. The fourth-order valence-electron chi connectivity index (χ4n) is 4.46. The predicted molar refractivity (Wildman–Crippen MR) is 108 cm³/mol. The van der Waals surface area contributed by atoms with Crippen LogP contribution in [-0.2, 0) is 4.74 Å². The molecule has 29 heavy (non-hydrogen) atoms. The normalized spacial score (nSPS) is 23.7. The van der Waals surface area contributed by atoms with Gasteiger partial charge in [-0.1, -0.05) is 19.1 Å². The summed E-state index contributed by atoms with van der Waals surface area (Å²) in [5.41, 5.74) is 2.84. The van der Waals surface area contributed by atoms with Crippen LogP contribution in [0.2, 0.25) is 0 Å². The van der Waals surface area contributed by atoms with Crippen molar-refractivity contribution in [1.82, 2.24) is 20.1 Å². The van der Waals surface area contributed by atoms with Crippen molar-refractivity contribution < 1.29 is 14.3 Å². The van der Waals surface area contributed by atoms with Crippen molar-refractivity contribution in [3.05, 3.63) is 53.5 Å². The number of ether oxygens (including phenoxy) is 1. The van der Waals surface area contributed by atoms with Crippen molar-refractivity contribution >= 4 is 22.6 Å².